The molecule has 0 aromatic carbocycles. The molecule has 0 unspecified atom stereocenters. The molecule has 0 radical (unpaired) electrons. The summed E-state index contributed by atoms with van der Waals surface area (Å²) in [6.07, 6.45) is 3.69. The third-order valence-corrected chi connectivity index (χ3v) is 2.71. The molecule has 0 atom stereocenters. The highest BCUT2D eigenvalue weighted by Gasteiger charge is 1.99. The Hall–Kier alpha value is -1.42. The first-order chi connectivity index (χ1) is 6.90. The summed E-state index contributed by atoms with van der Waals surface area (Å²) in [6, 6.07) is 4.09. The Morgan fingerprint density at radius 1 is 1.36 bits per heavy atom. The molecule has 14 heavy (non-hydrogen) atoms. The molecule has 2 aromatic heterocycles. The van der Waals surface area contributed by atoms with Crippen LogP contribution in [-0.4, -0.2) is 16.5 Å². The van der Waals surface area contributed by atoms with Crippen molar-refractivity contribution < 1.29 is 0 Å². The van der Waals surface area contributed by atoms with Crippen LogP contribution in [0.15, 0.2) is 29.9 Å². The lowest BCUT2D eigenvalue weighted by molar-refractivity contribution is 1.09. The van der Waals surface area contributed by atoms with Gasteiger partial charge in [-0.25, -0.2) is 9.97 Å². The van der Waals surface area contributed by atoms with Crippen molar-refractivity contribution in [3.8, 4) is 10.4 Å². The van der Waals surface area contributed by atoms with Crippen LogP contribution in [-0.2, 0) is 0 Å². The molecule has 0 aliphatic heterocycles. The standard InChI is InChI=1S/C10H11N3S/c1-2-11-10-12-6-8(7-13-10)9-4-3-5-14-9/h3-7H,2H2,1H3,(H,11,12,13). The van der Waals surface area contributed by atoms with Crippen LogP contribution >= 0.6 is 11.3 Å². The molecule has 0 amide bonds. The highest BCUT2D eigenvalue weighted by atomic mass is 32.1. The zero-order valence-corrected chi connectivity index (χ0v) is 8.71. The number of aromatic nitrogens is 2. The van der Waals surface area contributed by atoms with Crippen LogP contribution in [0.4, 0.5) is 5.95 Å². The van der Waals surface area contributed by atoms with Gasteiger partial charge in [-0.2, -0.15) is 0 Å². The first-order valence-corrected chi connectivity index (χ1v) is 5.38. The third kappa shape index (κ3) is 1.90. The molecule has 72 valence electrons. The molecule has 0 aliphatic carbocycles. The van der Waals surface area contributed by atoms with Gasteiger partial charge in [0.1, 0.15) is 0 Å². The van der Waals surface area contributed by atoms with Crippen molar-refractivity contribution in [1.29, 1.82) is 0 Å². The van der Waals surface area contributed by atoms with E-state index in [9.17, 15) is 0 Å². The smallest absolute Gasteiger partial charge is 0.222 e. The average Bonchev–Trinajstić information content (AvgIpc) is 2.72. The van der Waals surface area contributed by atoms with Gasteiger partial charge in [-0.1, -0.05) is 6.07 Å². The summed E-state index contributed by atoms with van der Waals surface area (Å²) in [7, 11) is 0. The van der Waals surface area contributed by atoms with Crippen molar-refractivity contribution in [3.05, 3.63) is 29.9 Å². The van der Waals surface area contributed by atoms with Crippen LogP contribution in [0.1, 0.15) is 6.92 Å². The van der Waals surface area contributed by atoms with Gasteiger partial charge in [0.05, 0.1) is 0 Å². The van der Waals surface area contributed by atoms with E-state index in [1.807, 2.05) is 30.8 Å². The molecule has 2 heterocycles. The molecule has 1 N–H and O–H groups in total. The lowest BCUT2D eigenvalue weighted by atomic mass is 10.3. The van der Waals surface area contributed by atoms with Crippen LogP contribution in [0, 0.1) is 0 Å². The second-order valence-corrected chi connectivity index (χ2v) is 3.75. The van der Waals surface area contributed by atoms with E-state index in [4.69, 9.17) is 0 Å². The first-order valence-electron chi connectivity index (χ1n) is 4.50. The maximum absolute atomic E-state index is 4.21. The van der Waals surface area contributed by atoms with Gasteiger partial charge in [-0.05, 0) is 18.4 Å². The Labute approximate surface area is 86.8 Å². The molecule has 0 bridgehead atoms. The molecule has 0 aliphatic rings. The number of hydrogen-bond donors (Lipinski definition) is 1. The van der Waals surface area contributed by atoms with Crippen molar-refractivity contribution in [1.82, 2.24) is 9.97 Å². The van der Waals surface area contributed by atoms with Crippen molar-refractivity contribution >= 4 is 17.3 Å². The number of rotatable bonds is 3. The Kier molecular flexibility index (Phi) is 2.74. The largest absolute Gasteiger partial charge is 0.355 e. The molecule has 0 saturated carbocycles. The molecule has 0 fully saturated rings. The Morgan fingerprint density at radius 3 is 2.71 bits per heavy atom. The summed E-state index contributed by atoms with van der Waals surface area (Å²) in [4.78, 5) is 9.62. The predicted octanol–water partition coefficient (Wildman–Crippen LogP) is 2.64. The molecular weight excluding hydrogens is 194 g/mol. The normalized spacial score (nSPS) is 10.1. The highest BCUT2D eigenvalue weighted by molar-refractivity contribution is 7.13. The van der Waals surface area contributed by atoms with Gasteiger partial charge in [-0.3, -0.25) is 0 Å². The lowest BCUT2D eigenvalue weighted by Crippen LogP contribution is -2.01. The molecule has 0 saturated heterocycles. The summed E-state index contributed by atoms with van der Waals surface area (Å²) >= 11 is 1.69. The maximum atomic E-state index is 4.21. The molecule has 0 spiro atoms. The number of thiophene rings is 1. The Bertz CT molecular complexity index is 380. The van der Waals surface area contributed by atoms with Crippen molar-refractivity contribution in [2.75, 3.05) is 11.9 Å². The van der Waals surface area contributed by atoms with Crippen LogP contribution in [0.5, 0.6) is 0 Å². The van der Waals surface area contributed by atoms with Gasteiger partial charge < -0.3 is 5.32 Å². The molecule has 2 aromatic rings. The fourth-order valence-electron chi connectivity index (χ4n) is 1.15. The first kappa shape index (κ1) is 9.15. The van der Waals surface area contributed by atoms with E-state index in [1.54, 1.807) is 11.3 Å². The van der Waals surface area contributed by atoms with E-state index in [2.05, 4.69) is 21.4 Å². The van der Waals surface area contributed by atoms with E-state index in [0.29, 0.717) is 5.95 Å². The van der Waals surface area contributed by atoms with E-state index in [1.165, 1.54) is 4.88 Å². The lowest BCUT2D eigenvalue weighted by Gasteiger charge is -2.01. The summed E-state index contributed by atoms with van der Waals surface area (Å²) < 4.78 is 0. The van der Waals surface area contributed by atoms with Gasteiger partial charge in [-0.15, -0.1) is 11.3 Å². The number of nitrogens with zero attached hydrogens (tertiary/aromatic N) is 2. The molecule has 4 heteroatoms. The van der Waals surface area contributed by atoms with E-state index < -0.39 is 0 Å². The molecular formula is C10H11N3S. The van der Waals surface area contributed by atoms with Gasteiger partial charge in [0.15, 0.2) is 0 Å². The van der Waals surface area contributed by atoms with Crippen molar-refractivity contribution in [3.63, 3.8) is 0 Å². The van der Waals surface area contributed by atoms with E-state index >= 15 is 0 Å². The SMILES string of the molecule is CCNc1ncc(-c2cccs2)cn1. The quantitative estimate of drug-likeness (QED) is 0.837. The molecule has 2 rings (SSSR count). The van der Waals surface area contributed by atoms with E-state index in [-0.39, 0.29) is 0 Å². The summed E-state index contributed by atoms with van der Waals surface area (Å²) in [6.45, 7) is 2.87. The van der Waals surface area contributed by atoms with Crippen LogP contribution < -0.4 is 5.32 Å². The van der Waals surface area contributed by atoms with Crippen LogP contribution in [0.2, 0.25) is 0 Å². The summed E-state index contributed by atoms with van der Waals surface area (Å²) in [5.74, 6) is 0.688. The van der Waals surface area contributed by atoms with Gasteiger partial charge in [0.25, 0.3) is 0 Å². The highest BCUT2D eigenvalue weighted by Crippen LogP contribution is 2.23. The minimum atomic E-state index is 0.688. The van der Waals surface area contributed by atoms with Crippen molar-refractivity contribution in [2.45, 2.75) is 6.92 Å². The summed E-state index contributed by atoms with van der Waals surface area (Å²) in [5.41, 5.74) is 1.07. The second-order valence-electron chi connectivity index (χ2n) is 2.80. The minimum absolute atomic E-state index is 0.688. The summed E-state index contributed by atoms with van der Waals surface area (Å²) in [5, 5.41) is 5.11. The topological polar surface area (TPSA) is 37.8 Å². The second kappa shape index (κ2) is 4.19. The Balaban J connectivity index is 2.22. The van der Waals surface area contributed by atoms with Crippen LogP contribution in [0.25, 0.3) is 10.4 Å². The monoisotopic (exact) mass is 205 g/mol. The van der Waals surface area contributed by atoms with Gasteiger partial charge in [0.2, 0.25) is 5.95 Å². The fraction of sp³-hybridized carbons (Fsp3) is 0.200. The Morgan fingerprint density at radius 2 is 2.14 bits per heavy atom. The maximum Gasteiger partial charge on any atom is 0.222 e. The average molecular weight is 205 g/mol. The van der Waals surface area contributed by atoms with Gasteiger partial charge in [0, 0.05) is 29.4 Å². The number of anilines is 1. The number of hydrogen-bond acceptors (Lipinski definition) is 4. The third-order valence-electron chi connectivity index (χ3n) is 1.79. The molecule has 3 nitrogen and oxygen atoms in total. The van der Waals surface area contributed by atoms with Crippen LogP contribution in [0.3, 0.4) is 0 Å². The number of nitrogens with one attached hydrogen (secondary N) is 1. The van der Waals surface area contributed by atoms with Crippen molar-refractivity contribution in [2.24, 2.45) is 0 Å². The zero-order valence-electron chi connectivity index (χ0n) is 7.90. The van der Waals surface area contributed by atoms with Gasteiger partial charge >= 0.3 is 0 Å². The fourth-order valence-corrected chi connectivity index (χ4v) is 1.85. The predicted molar refractivity (Wildman–Crippen MR) is 59.5 cm³/mol. The van der Waals surface area contributed by atoms with E-state index in [0.717, 1.165) is 12.1 Å². The minimum Gasteiger partial charge on any atom is -0.355 e. The zero-order chi connectivity index (χ0) is 9.80.